The van der Waals surface area contributed by atoms with Crippen LogP contribution in [0.4, 0.5) is 0 Å². The summed E-state index contributed by atoms with van der Waals surface area (Å²) < 4.78 is 35.8. The lowest BCUT2D eigenvalue weighted by molar-refractivity contribution is -0.147. The van der Waals surface area contributed by atoms with E-state index in [1.54, 1.807) is 0 Å². The molecule has 2 unspecified atom stereocenters. The maximum atomic E-state index is 10.8. The number of hydrogen-bond acceptors (Lipinski definition) is 7. The van der Waals surface area contributed by atoms with Crippen LogP contribution in [0.3, 0.4) is 0 Å². The molecule has 0 spiro atoms. The van der Waals surface area contributed by atoms with Crippen molar-refractivity contribution in [1.29, 1.82) is 0 Å². The van der Waals surface area contributed by atoms with Crippen LogP contribution in [0.15, 0.2) is 0 Å². The third-order valence-electron chi connectivity index (χ3n) is 10.8. The van der Waals surface area contributed by atoms with Crippen molar-refractivity contribution in [2.75, 3.05) is 39.6 Å². The molecule has 0 aromatic heterocycles. The Morgan fingerprint density at radius 2 is 0.775 bits per heavy atom. The summed E-state index contributed by atoms with van der Waals surface area (Å²) in [5, 5.41) is 10.8. The van der Waals surface area contributed by atoms with Gasteiger partial charge in [-0.1, -0.05) is 0 Å². The van der Waals surface area contributed by atoms with E-state index in [9.17, 15) is 5.11 Å². The van der Waals surface area contributed by atoms with Gasteiger partial charge in [-0.3, -0.25) is 0 Å². The number of aliphatic hydroxyl groups excluding tert-OH is 1. The number of hydrogen-bond donors (Lipinski definition) is 1. The van der Waals surface area contributed by atoms with Crippen LogP contribution in [0.2, 0.25) is 0 Å². The molecular formula is C33H60O7. The maximum absolute atomic E-state index is 10.8. The molecule has 234 valence electrons. The Labute approximate surface area is 244 Å². The van der Waals surface area contributed by atoms with Gasteiger partial charge in [0.15, 0.2) is 0 Å². The van der Waals surface area contributed by atoms with Crippen molar-refractivity contribution in [1.82, 2.24) is 0 Å². The summed E-state index contributed by atoms with van der Waals surface area (Å²) in [4.78, 5) is 0. The van der Waals surface area contributed by atoms with Gasteiger partial charge in [0.05, 0.1) is 62.0 Å². The van der Waals surface area contributed by atoms with Gasteiger partial charge in [0.2, 0.25) is 0 Å². The minimum Gasteiger partial charge on any atom is -0.388 e. The quantitative estimate of drug-likeness (QED) is 0.231. The number of rotatable bonds is 16. The molecule has 2 saturated heterocycles. The van der Waals surface area contributed by atoms with Gasteiger partial charge in [-0.25, -0.2) is 0 Å². The molecule has 2 heterocycles. The highest BCUT2D eigenvalue weighted by molar-refractivity contribution is 4.92. The second kappa shape index (κ2) is 13.2. The molecule has 40 heavy (non-hydrogen) atoms. The van der Waals surface area contributed by atoms with Crippen molar-refractivity contribution in [3.8, 4) is 0 Å². The molecule has 2 atom stereocenters. The molecule has 2 aliphatic carbocycles. The number of ether oxygens (including phenoxy) is 6. The molecule has 4 fully saturated rings. The summed E-state index contributed by atoms with van der Waals surface area (Å²) >= 11 is 0. The summed E-state index contributed by atoms with van der Waals surface area (Å²) in [6.45, 7) is 21.4. The molecule has 2 saturated carbocycles. The van der Waals surface area contributed by atoms with Crippen molar-refractivity contribution in [3.05, 3.63) is 0 Å². The van der Waals surface area contributed by atoms with Gasteiger partial charge in [0.25, 0.3) is 0 Å². The average Bonchev–Trinajstić information content (AvgIpc) is 3.84. The van der Waals surface area contributed by atoms with E-state index in [1.807, 2.05) is 0 Å². The van der Waals surface area contributed by atoms with Gasteiger partial charge in [0, 0.05) is 0 Å². The van der Waals surface area contributed by atoms with Gasteiger partial charge >= 0.3 is 0 Å². The molecular weight excluding hydrogens is 508 g/mol. The molecule has 0 aromatic carbocycles. The molecule has 0 bridgehead atoms. The second-order valence-corrected chi connectivity index (χ2v) is 15.3. The summed E-state index contributed by atoms with van der Waals surface area (Å²) in [5.74, 6) is 2.09. The topological polar surface area (TPSA) is 82.2 Å². The molecule has 4 aliphatic rings. The Kier molecular flexibility index (Phi) is 10.7. The summed E-state index contributed by atoms with van der Waals surface area (Å²) in [6.07, 6.45) is 9.10. The third-order valence-corrected chi connectivity index (χ3v) is 10.8. The largest absolute Gasteiger partial charge is 0.388 e. The Balaban J connectivity index is 1.13. The molecule has 0 amide bonds. The standard InChI is InChI=1S/C33H60O7/c1-30(2,23-9-13-25(14-10-23)32(5,6)39-21-28-19-35-28)37-17-27(34)18-38-31(3,4)24-11-15-26(16-12-24)33(7,8)40-22-29-20-36-29/h23-29,34H,9-22H2,1-8H3. The predicted molar refractivity (Wildman–Crippen MR) is 157 cm³/mol. The first-order chi connectivity index (χ1) is 18.7. The predicted octanol–water partition coefficient (Wildman–Crippen LogP) is 5.94. The third kappa shape index (κ3) is 9.36. The zero-order valence-electron chi connectivity index (χ0n) is 26.8. The average molecular weight is 569 g/mol. The lowest BCUT2D eigenvalue weighted by Crippen LogP contribution is -2.45. The first-order valence-electron chi connectivity index (χ1n) is 16.1. The van der Waals surface area contributed by atoms with E-state index >= 15 is 0 Å². The first-order valence-corrected chi connectivity index (χ1v) is 16.1. The van der Waals surface area contributed by atoms with Crippen molar-refractivity contribution in [2.24, 2.45) is 23.7 Å². The van der Waals surface area contributed by atoms with Gasteiger partial charge in [-0.2, -0.15) is 0 Å². The number of epoxide rings is 2. The van der Waals surface area contributed by atoms with Gasteiger partial charge in [0.1, 0.15) is 18.3 Å². The molecule has 1 N–H and O–H groups in total. The molecule has 0 aromatic rings. The van der Waals surface area contributed by atoms with E-state index in [0.717, 1.165) is 64.6 Å². The lowest BCUT2D eigenvalue weighted by atomic mass is 9.70. The normalized spacial score (nSPS) is 32.6. The van der Waals surface area contributed by atoms with Crippen LogP contribution < -0.4 is 0 Å². The molecule has 4 rings (SSSR count). The molecule has 2 aliphatic heterocycles. The Bertz CT molecular complexity index is 706. The van der Waals surface area contributed by atoms with Crippen LogP contribution in [0, 0.1) is 23.7 Å². The highest BCUT2D eigenvalue weighted by Gasteiger charge is 2.42. The van der Waals surface area contributed by atoms with Crippen molar-refractivity contribution in [2.45, 2.75) is 147 Å². The maximum Gasteiger partial charge on any atom is 0.104 e. The van der Waals surface area contributed by atoms with E-state index in [4.69, 9.17) is 28.4 Å². The fourth-order valence-electron chi connectivity index (χ4n) is 7.05. The van der Waals surface area contributed by atoms with Gasteiger partial charge < -0.3 is 33.5 Å². The first kappa shape index (κ1) is 32.6. The minimum absolute atomic E-state index is 0.114. The van der Waals surface area contributed by atoms with E-state index in [1.165, 1.54) is 0 Å². The zero-order chi connectivity index (χ0) is 29.2. The molecule has 7 heteroatoms. The Morgan fingerprint density at radius 3 is 1.02 bits per heavy atom. The smallest absolute Gasteiger partial charge is 0.104 e. The Hall–Kier alpha value is -0.280. The van der Waals surface area contributed by atoms with Crippen LogP contribution in [-0.4, -0.2) is 85.5 Å². The highest BCUT2D eigenvalue weighted by atomic mass is 16.6. The Morgan fingerprint density at radius 1 is 0.525 bits per heavy atom. The van der Waals surface area contributed by atoms with Crippen molar-refractivity contribution in [3.63, 3.8) is 0 Å². The zero-order valence-corrected chi connectivity index (χ0v) is 26.8. The summed E-state index contributed by atoms with van der Waals surface area (Å²) in [7, 11) is 0. The van der Waals surface area contributed by atoms with E-state index in [2.05, 4.69) is 55.4 Å². The fraction of sp³-hybridized carbons (Fsp3) is 1.00. The van der Waals surface area contributed by atoms with Gasteiger partial charge in [-0.15, -0.1) is 0 Å². The highest BCUT2D eigenvalue weighted by Crippen LogP contribution is 2.44. The summed E-state index contributed by atoms with van der Waals surface area (Å²) in [6, 6.07) is 0. The van der Waals surface area contributed by atoms with Crippen LogP contribution in [-0.2, 0) is 28.4 Å². The van der Waals surface area contributed by atoms with Crippen LogP contribution >= 0.6 is 0 Å². The second-order valence-electron chi connectivity index (χ2n) is 15.3. The summed E-state index contributed by atoms with van der Waals surface area (Å²) in [5.41, 5.74) is -0.770. The monoisotopic (exact) mass is 568 g/mol. The van der Waals surface area contributed by atoms with Crippen LogP contribution in [0.5, 0.6) is 0 Å². The van der Waals surface area contributed by atoms with Gasteiger partial charge in [-0.05, 0) is 130 Å². The minimum atomic E-state index is -0.625. The fourth-order valence-corrected chi connectivity index (χ4v) is 7.05. The van der Waals surface area contributed by atoms with E-state index in [0.29, 0.717) is 62.3 Å². The lowest BCUT2D eigenvalue weighted by Gasteiger charge is -2.44. The van der Waals surface area contributed by atoms with Crippen molar-refractivity contribution >= 4 is 0 Å². The van der Waals surface area contributed by atoms with E-state index < -0.39 is 6.10 Å². The van der Waals surface area contributed by atoms with Crippen LogP contribution in [0.25, 0.3) is 0 Å². The molecule has 0 radical (unpaired) electrons. The SMILES string of the molecule is CC(C)(OCC(O)COC(C)(C)C1CCC(C(C)(C)OCC2CO2)CC1)C1CCC(C(C)(C)OCC2CO2)CC1. The number of aliphatic hydroxyl groups is 1. The van der Waals surface area contributed by atoms with Crippen LogP contribution in [0.1, 0.15) is 107 Å². The van der Waals surface area contributed by atoms with Crippen molar-refractivity contribution < 1.29 is 33.5 Å². The van der Waals surface area contributed by atoms with E-state index in [-0.39, 0.29) is 22.4 Å². The molecule has 7 nitrogen and oxygen atoms in total.